The maximum Gasteiger partial charge on any atom is 0.194 e. The summed E-state index contributed by atoms with van der Waals surface area (Å²) in [6.07, 6.45) is 7.68. The van der Waals surface area contributed by atoms with Crippen LogP contribution in [0.5, 0.6) is 11.5 Å². The van der Waals surface area contributed by atoms with Gasteiger partial charge in [-0.15, -0.1) is 6.42 Å². The SMILES string of the molecule is C#CCN=C(NC1CC1)N(C)CCOc1ccc(OC)cc1. The standard InChI is InChI=1S/C17H23N3O2/c1-4-11-18-17(19-14-5-6-14)20(2)12-13-22-16-9-7-15(21-3)8-10-16/h1,7-10,14H,5-6,11-13H2,2-3H3,(H,18,19). The predicted molar refractivity (Wildman–Crippen MR) is 88.4 cm³/mol. The van der Waals surface area contributed by atoms with Gasteiger partial charge in [0, 0.05) is 13.1 Å². The average molecular weight is 301 g/mol. The number of hydrogen-bond acceptors (Lipinski definition) is 3. The lowest BCUT2D eigenvalue weighted by molar-refractivity contribution is 0.281. The number of guanidine groups is 1. The second-order valence-electron chi connectivity index (χ2n) is 5.21. The molecule has 1 aliphatic carbocycles. The fraction of sp³-hybridized carbons (Fsp3) is 0.471. The van der Waals surface area contributed by atoms with E-state index in [9.17, 15) is 0 Å². The van der Waals surface area contributed by atoms with Crippen LogP contribution in [-0.4, -0.2) is 50.8 Å². The second-order valence-corrected chi connectivity index (χ2v) is 5.21. The first-order chi connectivity index (χ1) is 10.7. The van der Waals surface area contributed by atoms with Gasteiger partial charge in [0.2, 0.25) is 0 Å². The van der Waals surface area contributed by atoms with Crippen LogP contribution < -0.4 is 14.8 Å². The third kappa shape index (κ3) is 5.21. The molecule has 0 aromatic heterocycles. The van der Waals surface area contributed by atoms with E-state index in [2.05, 4.69) is 16.2 Å². The Balaban J connectivity index is 1.79. The number of rotatable bonds is 7. The Morgan fingerprint density at radius 2 is 2.05 bits per heavy atom. The highest BCUT2D eigenvalue weighted by Crippen LogP contribution is 2.19. The van der Waals surface area contributed by atoms with Crippen molar-refractivity contribution < 1.29 is 9.47 Å². The van der Waals surface area contributed by atoms with E-state index < -0.39 is 0 Å². The predicted octanol–water partition coefficient (Wildman–Crippen LogP) is 1.75. The minimum absolute atomic E-state index is 0.388. The highest BCUT2D eigenvalue weighted by atomic mass is 16.5. The molecule has 0 bridgehead atoms. The zero-order chi connectivity index (χ0) is 15.8. The quantitative estimate of drug-likeness (QED) is 0.473. The number of benzene rings is 1. The number of hydrogen-bond donors (Lipinski definition) is 1. The van der Waals surface area contributed by atoms with Crippen molar-refractivity contribution in [1.82, 2.24) is 10.2 Å². The van der Waals surface area contributed by atoms with E-state index in [1.807, 2.05) is 36.2 Å². The first kappa shape index (κ1) is 16.0. The monoisotopic (exact) mass is 301 g/mol. The van der Waals surface area contributed by atoms with Crippen LogP contribution in [0.1, 0.15) is 12.8 Å². The second kappa shape index (κ2) is 8.18. The highest BCUT2D eigenvalue weighted by Gasteiger charge is 2.23. The molecule has 118 valence electrons. The molecule has 0 aliphatic heterocycles. The van der Waals surface area contributed by atoms with Gasteiger partial charge >= 0.3 is 0 Å². The third-order valence-corrected chi connectivity index (χ3v) is 3.35. The maximum absolute atomic E-state index is 5.73. The smallest absolute Gasteiger partial charge is 0.194 e. The number of terminal acetylenes is 1. The molecular formula is C17H23N3O2. The van der Waals surface area contributed by atoms with E-state index in [0.29, 0.717) is 19.2 Å². The van der Waals surface area contributed by atoms with E-state index in [4.69, 9.17) is 15.9 Å². The zero-order valence-electron chi connectivity index (χ0n) is 13.2. The van der Waals surface area contributed by atoms with E-state index in [1.165, 1.54) is 12.8 Å². The van der Waals surface area contributed by atoms with Crippen molar-refractivity contribution in [2.45, 2.75) is 18.9 Å². The summed E-state index contributed by atoms with van der Waals surface area (Å²) in [5, 5.41) is 3.40. The summed E-state index contributed by atoms with van der Waals surface area (Å²) >= 11 is 0. The first-order valence-electron chi connectivity index (χ1n) is 7.45. The fourth-order valence-electron chi connectivity index (χ4n) is 1.89. The molecule has 1 aliphatic rings. The van der Waals surface area contributed by atoms with Crippen LogP contribution in [0, 0.1) is 12.3 Å². The van der Waals surface area contributed by atoms with E-state index in [0.717, 1.165) is 24.0 Å². The first-order valence-corrected chi connectivity index (χ1v) is 7.45. The van der Waals surface area contributed by atoms with Crippen molar-refractivity contribution in [3.8, 4) is 23.8 Å². The molecule has 0 unspecified atom stereocenters. The van der Waals surface area contributed by atoms with Crippen LogP contribution in [0.3, 0.4) is 0 Å². The molecule has 1 fully saturated rings. The molecule has 5 nitrogen and oxygen atoms in total. The van der Waals surface area contributed by atoms with Crippen molar-refractivity contribution >= 4 is 5.96 Å². The number of methoxy groups -OCH3 is 1. The number of aliphatic imine (C=N–C) groups is 1. The molecule has 0 saturated heterocycles. The van der Waals surface area contributed by atoms with Gasteiger partial charge in [-0.3, -0.25) is 0 Å². The molecule has 0 atom stereocenters. The zero-order valence-corrected chi connectivity index (χ0v) is 13.2. The molecule has 5 heteroatoms. The normalized spacial score (nSPS) is 14.1. The molecule has 1 aromatic rings. The lowest BCUT2D eigenvalue weighted by Gasteiger charge is -2.22. The van der Waals surface area contributed by atoms with Gasteiger partial charge in [0.1, 0.15) is 24.7 Å². The summed E-state index contributed by atoms with van der Waals surface area (Å²) in [5.41, 5.74) is 0. The summed E-state index contributed by atoms with van der Waals surface area (Å²) in [7, 11) is 3.64. The summed E-state index contributed by atoms with van der Waals surface area (Å²) in [4.78, 5) is 6.43. The molecule has 0 amide bonds. The summed E-state index contributed by atoms with van der Waals surface area (Å²) in [5.74, 6) is 5.03. The molecule has 0 spiro atoms. The minimum atomic E-state index is 0.388. The van der Waals surface area contributed by atoms with Crippen LogP contribution in [0.15, 0.2) is 29.3 Å². The van der Waals surface area contributed by atoms with Gasteiger partial charge in [-0.1, -0.05) is 5.92 Å². The Morgan fingerprint density at radius 1 is 1.36 bits per heavy atom. The Morgan fingerprint density at radius 3 is 2.64 bits per heavy atom. The van der Waals surface area contributed by atoms with Crippen LogP contribution in [0.4, 0.5) is 0 Å². The molecule has 2 rings (SSSR count). The van der Waals surface area contributed by atoms with Gasteiger partial charge in [-0.25, -0.2) is 4.99 Å². The van der Waals surface area contributed by atoms with Crippen LogP contribution in [0.25, 0.3) is 0 Å². The largest absolute Gasteiger partial charge is 0.497 e. The van der Waals surface area contributed by atoms with E-state index >= 15 is 0 Å². The Labute approximate surface area is 132 Å². The number of ether oxygens (including phenoxy) is 2. The lowest BCUT2D eigenvalue weighted by atomic mass is 10.3. The average Bonchev–Trinajstić information content (AvgIpc) is 3.36. The molecule has 0 radical (unpaired) electrons. The third-order valence-electron chi connectivity index (χ3n) is 3.35. The summed E-state index contributed by atoms with van der Waals surface area (Å²) < 4.78 is 10.9. The minimum Gasteiger partial charge on any atom is -0.497 e. The molecule has 1 saturated carbocycles. The number of nitrogens with zero attached hydrogens (tertiary/aromatic N) is 2. The van der Waals surface area contributed by atoms with Gasteiger partial charge < -0.3 is 19.7 Å². The Bertz CT molecular complexity index is 530. The van der Waals surface area contributed by atoms with Crippen molar-refractivity contribution in [3.63, 3.8) is 0 Å². The summed E-state index contributed by atoms with van der Waals surface area (Å²) in [6.45, 7) is 1.69. The molecule has 1 aromatic carbocycles. The van der Waals surface area contributed by atoms with Crippen molar-refractivity contribution in [3.05, 3.63) is 24.3 Å². The van der Waals surface area contributed by atoms with Gasteiger partial charge in [0.05, 0.1) is 13.7 Å². The van der Waals surface area contributed by atoms with Crippen LogP contribution >= 0.6 is 0 Å². The highest BCUT2D eigenvalue weighted by molar-refractivity contribution is 5.80. The van der Waals surface area contributed by atoms with Crippen LogP contribution in [-0.2, 0) is 0 Å². The molecule has 22 heavy (non-hydrogen) atoms. The van der Waals surface area contributed by atoms with Gasteiger partial charge in [0.15, 0.2) is 5.96 Å². The Kier molecular flexibility index (Phi) is 5.96. The van der Waals surface area contributed by atoms with Gasteiger partial charge in [-0.2, -0.15) is 0 Å². The van der Waals surface area contributed by atoms with Crippen molar-refractivity contribution in [2.24, 2.45) is 4.99 Å². The lowest BCUT2D eigenvalue weighted by Crippen LogP contribution is -2.42. The van der Waals surface area contributed by atoms with Crippen molar-refractivity contribution in [1.29, 1.82) is 0 Å². The molecule has 1 N–H and O–H groups in total. The summed E-state index contributed by atoms with van der Waals surface area (Å²) in [6, 6.07) is 8.10. The van der Waals surface area contributed by atoms with E-state index in [-0.39, 0.29) is 0 Å². The van der Waals surface area contributed by atoms with Crippen LogP contribution in [0.2, 0.25) is 0 Å². The number of nitrogens with one attached hydrogen (secondary N) is 1. The maximum atomic E-state index is 5.73. The van der Waals surface area contributed by atoms with Crippen molar-refractivity contribution in [2.75, 3.05) is 33.9 Å². The molecular weight excluding hydrogens is 278 g/mol. The fourth-order valence-corrected chi connectivity index (χ4v) is 1.89. The Hall–Kier alpha value is -2.35. The topological polar surface area (TPSA) is 46.1 Å². The van der Waals surface area contributed by atoms with Gasteiger partial charge in [0.25, 0.3) is 0 Å². The van der Waals surface area contributed by atoms with E-state index in [1.54, 1.807) is 7.11 Å². The van der Waals surface area contributed by atoms with Gasteiger partial charge in [-0.05, 0) is 37.1 Å². The molecule has 0 heterocycles. The number of likely N-dealkylation sites (N-methyl/N-ethyl adjacent to an activating group) is 1.